The van der Waals surface area contributed by atoms with E-state index in [1.54, 1.807) is 0 Å². The zero-order valence-electron chi connectivity index (χ0n) is 12.4. The molecule has 2 atom stereocenters. The molecule has 0 amide bonds. The van der Waals surface area contributed by atoms with E-state index in [-0.39, 0.29) is 12.2 Å². The molecule has 6 rings (SSSR count). The fourth-order valence-electron chi connectivity index (χ4n) is 3.92. The molecule has 4 aromatic rings. The van der Waals surface area contributed by atoms with Crippen LogP contribution in [-0.2, 0) is 4.74 Å². The molecule has 1 saturated heterocycles. The van der Waals surface area contributed by atoms with E-state index >= 15 is 0 Å². The molecule has 23 heavy (non-hydrogen) atoms. The molecule has 0 N–H and O–H groups in total. The number of rotatable bonds is 0. The van der Waals surface area contributed by atoms with Crippen molar-refractivity contribution in [3.05, 3.63) is 77.9 Å². The van der Waals surface area contributed by atoms with Crippen LogP contribution in [0.15, 0.2) is 66.7 Å². The zero-order valence-corrected chi connectivity index (χ0v) is 12.4. The van der Waals surface area contributed by atoms with Gasteiger partial charge >= 0.3 is 0 Å². The van der Waals surface area contributed by atoms with E-state index in [4.69, 9.17) is 9.72 Å². The van der Waals surface area contributed by atoms with Crippen LogP contribution in [0, 0.1) is 0 Å². The lowest BCUT2D eigenvalue weighted by Crippen LogP contribution is -2.02. The first-order valence-electron chi connectivity index (χ1n) is 7.97. The van der Waals surface area contributed by atoms with Gasteiger partial charge in [-0.15, -0.1) is 0 Å². The third-order valence-corrected chi connectivity index (χ3v) is 5.07. The summed E-state index contributed by atoms with van der Waals surface area (Å²) in [4.78, 5) is 5.00. The van der Waals surface area contributed by atoms with Crippen molar-refractivity contribution in [3.63, 3.8) is 0 Å². The predicted molar refractivity (Wildman–Crippen MR) is 91.3 cm³/mol. The first kappa shape index (κ1) is 11.8. The van der Waals surface area contributed by atoms with Crippen LogP contribution >= 0.6 is 0 Å². The van der Waals surface area contributed by atoms with Crippen molar-refractivity contribution in [2.24, 2.45) is 0 Å². The molecule has 2 nitrogen and oxygen atoms in total. The molecule has 1 aliphatic heterocycles. The fraction of sp³-hybridized carbons (Fsp3) is 0.0952. The van der Waals surface area contributed by atoms with Crippen LogP contribution in [-0.4, -0.2) is 4.98 Å². The Morgan fingerprint density at radius 1 is 0.739 bits per heavy atom. The number of pyridine rings is 1. The number of ether oxygens (including phenoxy) is 1. The lowest BCUT2D eigenvalue weighted by atomic mass is 9.88. The highest BCUT2D eigenvalue weighted by atomic mass is 16.6. The lowest BCUT2D eigenvalue weighted by molar-refractivity contribution is 0.380. The molecule has 0 spiro atoms. The van der Waals surface area contributed by atoms with Crippen LogP contribution < -0.4 is 0 Å². The number of fused-ring (bicyclic) bond motifs is 9. The molecule has 2 heterocycles. The smallest absolute Gasteiger partial charge is 0.116 e. The summed E-state index contributed by atoms with van der Waals surface area (Å²) in [5, 5.41) is 3.73. The Morgan fingerprint density at radius 2 is 1.57 bits per heavy atom. The molecular formula is C21H13NO. The number of aromatic nitrogens is 1. The van der Waals surface area contributed by atoms with Crippen LogP contribution in [0.25, 0.3) is 32.9 Å². The number of nitrogens with zero attached hydrogens (tertiary/aromatic N) is 1. The van der Waals surface area contributed by atoms with Crippen molar-refractivity contribution in [1.29, 1.82) is 0 Å². The Hall–Kier alpha value is -2.71. The highest BCUT2D eigenvalue weighted by Gasteiger charge is 2.48. The SMILES string of the molecule is c1ccc2c(c1)-c1nc3ccc4ccccc4c3cc1C1OC21. The van der Waals surface area contributed by atoms with Crippen LogP contribution in [0.2, 0.25) is 0 Å². The van der Waals surface area contributed by atoms with Gasteiger partial charge in [-0.3, -0.25) is 0 Å². The van der Waals surface area contributed by atoms with Gasteiger partial charge in [-0.05, 0) is 28.5 Å². The number of hydrogen-bond donors (Lipinski definition) is 0. The molecule has 0 radical (unpaired) electrons. The lowest BCUT2D eigenvalue weighted by Gasteiger charge is -2.17. The summed E-state index contributed by atoms with van der Waals surface area (Å²) in [6, 6.07) is 23.6. The monoisotopic (exact) mass is 295 g/mol. The van der Waals surface area contributed by atoms with E-state index in [0.29, 0.717) is 0 Å². The normalized spacial score (nSPS) is 20.9. The van der Waals surface area contributed by atoms with Crippen molar-refractivity contribution in [2.75, 3.05) is 0 Å². The zero-order chi connectivity index (χ0) is 15.0. The molecule has 2 heteroatoms. The Kier molecular flexibility index (Phi) is 2.04. The molecule has 108 valence electrons. The Morgan fingerprint density at radius 3 is 2.57 bits per heavy atom. The van der Waals surface area contributed by atoms with E-state index in [2.05, 4.69) is 66.7 Å². The highest BCUT2D eigenvalue weighted by Crippen LogP contribution is 2.59. The molecule has 0 bridgehead atoms. The molecule has 3 aromatic carbocycles. The van der Waals surface area contributed by atoms with E-state index in [1.807, 2.05) is 0 Å². The number of benzene rings is 3. The first-order chi connectivity index (χ1) is 11.4. The highest BCUT2D eigenvalue weighted by molar-refractivity contribution is 6.07. The van der Waals surface area contributed by atoms with Crippen molar-refractivity contribution in [1.82, 2.24) is 4.98 Å². The minimum atomic E-state index is 0.177. The van der Waals surface area contributed by atoms with Gasteiger partial charge in [0.25, 0.3) is 0 Å². The quantitative estimate of drug-likeness (QED) is 0.330. The van der Waals surface area contributed by atoms with Gasteiger partial charge in [-0.25, -0.2) is 4.98 Å². The summed E-state index contributed by atoms with van der Waals surface area (Å²) in [7, 11) is 0. The van der Waals surface area contributed by atoms with Gasteiger partial charge in [0.1, 0.15) is 12.2 Å². The van der Waals surface area contributed by atoms with Crippen LogP contribution in [0.4, 0.5) is 0 Å². The molecule has 1 aromatic heterocycles. The summed E-state index contributed by atoms with van der Waals surface area (Å²) in [5.41, 5.74) is 5.87. The van der Waals surface area contributed by atoms with Crippen molar-refractivity contribution in [2.45, 2.75) is 12.2 Å². The van der Waals surface area contributed by atoms with Crippen molar-refractivity contribution in [3.8, 4) is 11.3 Å². The topological polar surface area (TPSA) is 25.4 Å². The third-order valence-electron chi connectivity index (χ3n) is 5.07. The second-order valence-electron chi connectivity index (χ2n) is 6.34. The Bertz CT molecular complexity index is 1120. The fourth-order valence-corrected chi connectivity index (χ4v) is 3.92. The summed E-state index contributed by atoms with van der Waals surface area (Å²) in [6.45, 7) is 0. The largest absolute Gasteiger partial charge is 0.359 e. The second-order valence-corrected chi connectivity index (χ2v) is 6.34. The van der Waals surface area contributed by atoms with E-state index in [0.717, 1.165) is 11.2 Å². The molecule has 0 saturated carbocycles. The van der Waals surface area contributed by atoms with E-state index in [1.165, 1.54) is 32.8 Å². The third kappa shape index (κ3) is 1.49. The van der Waals surface area contributed by atoms with Crippen LogP contribution in [0.1, 0.15) is 23.3 Å². The minimum Gasteiger partial charge on any atom is -0.359 e. The van der Waals surface area contributed by atoms with Gasteiger partial charge in [0.05, 0.1) is 11.2 Å². The predicted octanol–water partition coefficient (Wildman–Crippen LogP) is 5.18. The number of hydrogen-bond acceptors (Lipinski definition) is 2. The summed E-state index contributed by atoms with van der Waals surface area (Å²) >= 11 is 0. The summed E-state index contributed by atoms with van der Waals surface area (Å²) in [5.74, 6) is 0. The molecule has 1 aliphatic carbocycles. The molecule has 2 unspecified atom stereocenters. The van der Waals surface area contributed by atoms with Gasteiger partial charge in [0.15, 0.2) is 0 Å². The Balaban J connectivity index is 1.75. The van der Waals surface area contributed by atoms with Crippen LogP contribution in [0.3, 0.4) is 0 Å². The van der Waals surface area contributed by atoms with Crippen LogP contribution in [0.5, 0.6) is 0 Å². The van der Waals surface area contributed by atoms with Gasteiger partial charge in [0, 0.05) is 16.5 Å². The summed E-state index contributed by atoms with van der Waals surface area (Å²) < 4.78 is 5.95. The second kappa shape index (κ2) is 3.98. The van der Waals surface area contributed by atoms with Gasteiger partial charge in [-0.1, -0.05) is 54.6 Å². The molecule has 2 aliphatic rings. The Labute approximate surface area is 133 Å². The van der Waals surface area contributed by atoms with Crippen molar-refractivity contribution < 1.29 is 4.74 Å². The maximum atomic E-state index is 5.95. The van der Waals surface area contributed by atoms with Gasteiger partial charge in [-0.2, -0.15) is 0 Å². The first-order valence-corrected chi connectivity index (χ1v) is 7.97. The summed E-state index contributed by atoms with van der Waals surface area (Å²) in [6.07, 6.45) is 0.392. The minimum absolute atomic E-state index is 0.177. The standard InChI is InChI=1S/C21H13NO/c1-2-6-13-12(5-1)9-10-18-16(13)11-17-19(22-18)14-7-3-4-8-15(14)20-21(17)23-20/h1-11,20-21H. The van der Waals surface area contributed by atoms with Crippen molar-refractivity contribution >= 4 is 21.7 Å². The average Bonchev–Trinajstić information content (AvgIpc) is 3.42. The van der Waals surface area contributed by atoms with E-state index in [9.17, 15) is 0 Å². The van der Waals surface area contributed by atoms with Gasteiger partial charge < -0.3 is 4.74 Å². The van der Waals surface area contributed by atoms with E-state index < -0.39 is 0 Å². The molecule has 1 fully saturated rings. The molecular weight excluding hydrogens is 282 g/mol. The number of epoxide rings is 1. The maximum Gasteiger partial charge on any atom is 0.116 e. The average molecular weight is 295 g/mol. The van der Waals surface area contributed by atoms with Gasteiger partial charge in [0.2, 0.25) is 0 Å². The maximum absolute atomic E-state index is 5.95.